The quantitative estimate of drug-likeness (QED) is 0.647. The summed E-state index contributed by atoms with van der Waals surface area (Å²) >= 11 is 3.83. The van der Waals surface area contributed by atoms with Crippen LogP contribution in [0.4, 0.5) is 0 Å². The molecule has 1 atom stereocenters. The smallest absolute Gasteiger partial charge is 0.0435 e. The maximum Gasteiger partial charge on any atom is 0.0435 e. The molecule has 0 aromatic heterocycles. The van der Waals surface area contributed by atoms with Gasteiger partial charge in [-0.15, -0.1) is 0 Å². The first-order valence-electron chi connectivity index (χ1n) is 6.74. The largest absolute Gasteiger partial charge is 0.0835 e. The molecule has 2 aromatic rings. The van der Waals surface area contributed by atoms with Crippen molar-refractivity contribution in [2.45, 2.75) is 38.9 Å². The molecule has 0 fully saturated rings. The minimum Gasteiger partial charge on any atom is -0.0835 e. The third-order valence-corrected chi connectivity index (χ3v) is 4.44. The van der Waals surface area contributed by atoms with Gasteiger partial charge in [-0.3, -0.25) is 0 Å². The second-order valence-corrected chi connectivity index (χ2v) is 6.62. The average molecular weight is 317 g/mol. The Balaban J connectivity index is 2.20. The fourth-order valence-electron chi connectivity index (χ4n) is 2.45. The fourth-order valence-corrected chi connectivity index (χ4v) is 3.08. The summed E-state index contributed by atoms with van der Waals surface area (Å²) in [6, 6.07) is 13.5. The molecule has 0 nitrogen and oxygen atoms in total. The zero-order chi connectivity index (χ0) is 14.0. The summed E-state index contributed by atoms with van der Waals surface area (Å²) in [7, 11) is 0. The zero-order valence-electron chi connectivity index (χ0n) is 12.1. The van der Waals surface area contributed by atoms with Crippen molar-refractivity contribution < 1.29 is 0 Å². The molecule has 0 saturated carbocycles. The molecule has 1 heteroatoms. The predicted molar refractivity (Wildman–Crippen MR) is 87.2 cm³/mol. The van der Waals surface area contributed by atoms with Crippen molar-refractivity contribution in [3.63, 3.8) is 0 Å². The van der Waals surface area contributed by atoms with Crippen molar-refractivity contribution in [3.05, 3.63) is 69.8 Å². The Morgan fingerprint density at radius 3 is 2.05 bits per heavy atom. The van der Waals surface area contributed by atoms with Crippen molar-refractivity contribution in [1.82, 2.24) is 0 Å². The number of benzene rings is 2. The van der Waals surface area contributed by atoms with Gasteiger partial charge < -0.3 is 0 Å². The summed E-state index contributed by atoms with van der Waals surface area (Å²) < 4.78 is 0. The van der Waals surface area contributed by atoms with Crippen LogP contribution in [0.15, 0.2) is 36.4 Å². The lowest BCUT2D eigenvalue weighted by atomic mass is 9.98. The van der Waals surface area contributed by atoms with Gasteiger partial charge in [-0.25, -0.2) is 0 Å². The molecule has 0 bridgehead atoms. The van der Waals surface area contributed by atoms with Crippen molar-refractivity contribution in [1.29, 1.82) is 0 Å². The molecule has 0 aliphatic rings. The molecule has 0 amide bonds. The molecule has 100 valence electrons. The number of rotatable bonds is 3. The van der Waals surface area contributed by atoms with Crippen LogP contribution in [0, 0.1) is 27.7 Å². The van der Waals surface area contributed by atoms with Crippen LogP contribution >= 0.6 is 15.9 Å². The van der Waals surface area contributed by atoms with E-state index >= 15 is 0 Å². The predicted octanol–water partition coefficient (Wildman–Crippen LogP) is 5.60. The van der Waals surface area contributed by atoms with Gasteiger partial charge in [-0.05, 0) is 56.4 Å². The van der Waals surface area contributed by atoms with E-state index in [0.29, 0.717) is 4.83 Å². The standard InChI is InChI=1S/C18H21Br/c1-12-7-13(2)9-17(8-12)18(19)11-16-6-5-14(3)15(4)10-16/h5-10,18H,11H2,1-4H3. The summed E-state index contributed by atoms with van der Waals surface area (Å²) in [5.74, 6) is 0. The highest BCUT2D eigenvalue weighted by molar-refractivity contribution is 9.09. The van der Waals surface area contributed by atoms with Gasteiger partial charge in [0.1, 0.15) is 0 Å². The molecule has 0 radical (unpaired) electrons. The summed E-state index contributed by atoms with van der Waals surface area (Å²) in [5, 5.41) is 0. The number of aryl methyl sites for hydroxylation is 4. The van der Waals surface area contributed by atoms with Crippen LogP contribution in [0.25, 0.3) is 0 Å². The van der Waals surface area contributed by atoms with Crippen molar-refractivity contribution in [2.24, 2.45) is 0 Å². The van der Waals surface area contributed by atoms with Gasteiger partial charge in [0.2, 0.25) is 0 Å². The van der Waals surface area contributed by atoms with Gasteiger partial charge in [0.15, 0.2) is 0 Å². The second-order valence-electron chi connectivity index (χ2n) is 5.51. The first-order chi connectivity index (χ1) is 8.95. The molecule has 0 N–H and O–H groups in total. The molecular weight excluding hydrogens is 296 g/mol. The lowest BCUT2D eigenvalue weighted by molar-refractivity contribution is 0.941. The highest BCUT2D eigenvalue weighted by Gasteiger charge is 2.10. The van der Waals surface area contributed by atoms with E-state index in [1.165, 1.54) is 33.4 Å². The van der Waals surface area contributed by atoms with Gasteiger partial charge >= 0.3 is 0 Å². The van der Waals surface area contributed by atoms with Gasteiger partial charge in [-0.1, -0.05) is 63.5 Å². The molecule has 1 unspecified atom stereocenters. The summed E-state index contributed by atoms with van der Waals surface area (Å²) in [5.41, 5.74) is 8.16. The lowest BCUT2D eigenvalue weighted by Crippen LogP contribution is -1.97. The molecule has 0 spiro atoms. The summed E-state index contributed by atoms with van der Waals surface area (Å²) in [4.78, 5) is 0.383. The Morgan fingerprint density at radius 1 is 0.842 bits per heavy atom. The topological polar surface area (TPSA) is 0 Å². The number of hydrogen-bond donors (Lipinski definition) is 0. The van der Waals surface area contributed by atoms with Crippen molar-refractivity contribution in [2.75, 3.05) is 0 Å². The third kappa shape index (κ3) is 3.70. The average Bonchev–Trinajstić information content (AvgIpc) is 2.32. The highest BCUT2D eigenvalue weighted by atomic mass is 79.9. The van der Waals surface area contributed by atoms with E-state index in [2.05, 4.69) is 80.0 Å². The fraction of sp³-hybridized carbons (Fsp3) is 0.333. The molecule has 0 saturated heterocycles. The second kappa shape index (κ2) is 5.92. The highest BCUT2D eigenvalue weighted by Crippen LogP contribution is 2.29. The molecule has 19 heavy (non-hydrogen) atoms. The van der Waals surface area contributed by atoms with Crippen LogP contribution in [0.5, 0.6) is 0 Å². The number of alkyl halides is 1. The van der Waals surface area contributed by atoms with Crippen LogP contribution in [0.1, 0.15) is 38.2 Å². The maximum absolute atomic E-state index is 3.83. The third-order valence-electron chi connectivity index (χ3n) is 3.59. The van der Waals surface area contributed by atoms with E-state index in [-0.39, 0.29) is 0 Å². The molecule has 2 rings (SSSR count). The van der Waals surface area contributed by atoms with Crippen molar-refractivity contribution in [3.8, 4) is 0 Å². The molecule has 0 aliphatic carbocycles. The summed E-state index contributed by atoms with van der Waals surface area (Å²) in [6.07, 6.45) is 1.03. The monoisotopic (exact) mass is 316 g/mol. The van der Waals surface area contributed by atoms with E-state index in [0.717, 1.165) is 6.42 Å². The number of halogens is 1. The maximum atomic E-state index is 3.83. The zero-order valence-corrected chi connectivity index (χ0v) is 13.7. The van der Waals surface area contributed by atoms with Crippen LogP contribution in [-0.4, -0.2) is 0 Å². The molecule has 0 aliphatic heterocycles. The number of hydrogen-bond acceptors (Lipinski definition) is 0. The summed E-state index contributed by atoms with van der Waals surface area (Å²) in [6.45, 7) is 8.66. The minimum atomic E-state index is 0.383. The van der Waals surface area contributed by atoms with E-state index in [9.17, 15) is 0 Å². The molecular formula is C18H21Br. The van der Waals surface area contributed by atoms with Crippen molar-refractivity contribution >= 4 is 15.9 Å². The van der Waals surface area contributed by atoms with Crippen LogP contribution in [0.3, 0.4) is 0 Å². The Labute approximate surface area is 125 Å². The van der Waals surface area contributed by atoms with E-state index in [1.54, 1.807) is 0 Å². The Hall–Kier alpha value is -1.08. The van der Waals surface area contributed by atoms with Gasteiger partial charge in [-0.2, -0.15) is 0 Å². The Bertz CT molecular complexity index is 564. The van der Waals surface area contributed by atoms with Gasteiger partial charge in [0.05, 0.1) is 0 Å². The van der Waals surface area contributed by atoms with E-state index in [4.69, 9.17) is 0 Å². The van der Waals surface area contributed by atoms with E-state index in [1.807, 2.05) is 0 Å². The van der Waals surface area contributed by atoms with Crippen LogP contribution in [-0.2, 0) is 6.42 Å². The molecule has 0 heterocycles. The SMILES string of the molecule is Cc1cc(C)cc(C(Br)Cc2ccc(C)c(C)c2)c1. The first kappa shape index (κ1) is 14.3. The Kier molecular flexibility index (Phi) is 4.46. The minimum absolute atomic E-state index is 0.383. The van der Waals surface area contributed by atoms with Gasteiger partial charge in [0, 0.05) is 4.83 Å². The normalized spacial score (nSPS) is 12.5. The molecule has 2 aromatic carbocycles. The van der Waals surface area contributed by atoms with E-state index < -0.39 is 0 Å². The lowest BCUT2D eigenvalue weighted by Gasteiger charge is -2.13. The van der Waals surface area contributed by atoms with Crippen LogP contribution in [0.2, 0.25) is 0 Å². The Morgan fingerprint density at radius 2 is 1.47 bits per heavy atom. The van der Waals surface area contributed by atoms with Crippen LogP contribution < -0.4 is 0 Å². The first-order valence-corrected chi connectivity index (χ1v) is 7.65. The van der Waals surface area contributed by atoms with Gasteiger partial charge in [0.25, 0.3) is 0 Å².